The van der Waals surface area contributed by atoms with Crippen LogP contribution >= 0.6 is 0 Å². The standard InChI is InChI=1S/C23H18FN3O3/c1-29-21-13-20(26-15-22(21)30-19-6-4-18(24)5-7-19)23(28)27-11-8-16(9-12-27)17-3-2-10-25-14-17/h2-11,13-15H,12H2,1H3. The number of carbonyl (C=O) groups excluding carboxylic acids is 1. The number of amides is 1. The number of halogens is 1. The van der Waals surface area contributed by atoms with Crippen molar-refractivity contribution in [1.82, 2.24) is 14.9 Å². The third-order valence-electron chi connectivity index (χ3n) is 4.51. The fourth-order valence-corrected chi connectivity index (χ4v) is 2.95. The summed E-state index contributed by atoms with van der Waals surface area (Å²) >= 11 is 0. The van der Waals surface area contributed by atoms with Crippen molar-refractivity contribution in [3.63, 3.8) is 0 Å². The normalized spacial score (nSPS) is 13.0. The molecule has 0 spiro atoms. The molecular weight excluding hydrogens is 385 g/mol. The van der Waals surface area contributed by atoms with Gasteiger partial charge in [-0.25, -0.2) is 9.37 Å². The molecule has 0 radical (unpaired) electrons. The smallest absolute Gasteiger partial charge is 0.276 e. The van der Waals surface area contributed by atoms with E-state index in [-0.39, 0.29) is 17.4 Å². The Morgan fingerprint density at radius 2 is 1.97 bits per heavy atom. The van der Waals surface area contributed by atoms with E-state index >= 15 is 0 Å². The average Bonchev–Trinajstić information content (AvgIpc) is 2.81. The Morgan fingerprint density at radius 3 is 2.63 bits per heavy atom. The predicted octanol–water partition coefficient (Wildman–Crippen LogP) is 4.47. The molecule has 3 heterocycles. The molecule has 0 saturated heterocycles. The summed E-state index contributed by atoms with van der Waals surface area (Å²) < 4.78 is 24.1. The fourth-order valence-electron chi connectivity index (χ4n) is 2.95. The van der Waals surface area contributed by atoms with Crippen LogP contribution in [0.2, 0.25) is 0 Å². The van der Waals surface area contributed by atoms with Gasteiger partial charge >= 0.3 is 0 Å². The van der Waals surface area contributed by atoms with E-state index in [1.807, 2.05) is 24.3 Å². The van der Waals surface area contributed by atoms with E-state index in [2.05, 4.69) is 9.97 Å². The maximum Gasteiger partial charge on any atom is 0.276 e. The number of allylic oxidation sites excluding steroid dienone is 2. The largest absolute Gasteiger partial charge is 0.493 e. The Bertz CT molecular complexity index is 1110. The van der Waals surface area contributed by atoms with Crippen LogP contribution in [0.4, 0.5) is 4.39 Å². The zero-order chi connectivity index (χ0) is 20.9. The number of rotatable bonds is 5. The zero-order valence-electron chi connectivity index (χ0n) is 16.2. The highest BCUT2D eigenvalue weighted by Gasteiger charge is 2.19. The number of pyridine rings is 2. The van der Waals surface area contributed by atoms with Gasteiger partial charge in [0.1, 0.15) is 17.3 Å². The van der Waals surface area contributed by atoms with Crippen LogP contribution in [0.1, 0.15) is 16.1 Å². The van der Waals surface area contributed by atoms with Crippen LogP contribution in [-0.4, -0.2) is 34.4 Å². The molecule has 0 fully saturated rings. The van der Waals surface area contributed by atoms with Crippen molar-refractivity contribution in [2.45, 2.75) is 0 Å². The van der Waals surface area contributed by atoms with E-state index in [0.29, 0.717) is 23.8 Å². The van der Waals surface area contributed by atoms with Crippen molar-refractivity contribution in [3.05, 3.63) is 96.5 Å². The molecule has 0 bridgehead atoms. The molecule has 6 nitrogen and oxygen atoms in total. The van der Waals surface area contributed by atoms with Gasteiger partial charge in [-0.3, -0.25) is 9.78 Å². The highest BCUT2D eigenvalue weighted by molar-refractivity contribution is 5.94. The lowest BCUT2D eigenvalue weighted by Gasteiger charge is -2.21. The highest BCUT2D eigenvalue weighted by atomic mass is 19.1. The van der Waals surface area contributed by atoms with Crippen LogP contribution in [0.5, 0.6) is 17.2 Å². The van der Waals surface area contributed by atoms with Crippen LogP contribution in [-0.2, 0) is 0 Å². The Hall–Kier alpha value is -4.00. The van der Waals surface area contributed by atoms with Gasteiger partial charge in [0.05, 0.1) is 13.3 Å². The quantitative estimate of drug-likeness (QED) is 0.629. The third kappa shape index (κ3) is 4.20. The molecule has 1 amide bonds. The Kier molecular flexibility index (Phi) is 5.52. The van der Waals surface area contributed by atoms with Crippen molar-refractivity contribution < 1.29 is 18.7 Å². The molecule has 3 aromatic rings. The summed E-state index contributed by atoms with van der Waals surface area (Å²) in [5, 5.41) is 0. The van der Waals surface area contributed by atoms with Crippen molar-refractivity contribution in [2.24, 2.45) is 0 Å². The van der Waals surface area contributed by atoms with Gasteiger partial charge in [-0.15, -0.1) is 0 Å². The third-order valence-corrected chi connectivity index (χ3v) is 4.51. The van der Waals surface area contributed by atoms with Crippen LogP contribution < -0.4 is 9.47 Å². The van der Waals surface area contributed by atoms with Gasteiger partial charge in [0.2, 0.25) is 0 Å². The van der Waals surface area contributed by atoms with Crippen molar-refractivity contribution in [1.29, 1.82) is 0 Å². The van der Waals surface area contributed by atoms with E-state index in [9.17, 15) is 9.18 Å². The van der Waals surface area contributed by atoms with E-state index < -0.39 is 0 Å². The summed E-state index contributed by atoms with van der Waals surface area (Å²) in [6.45, 7) is 0.414. The summed E-state index contributed by atoms with van der Waals surface area (Å²) in [6.07, 6.45) is 10.5. The second kappa shape index (κ2) is 8.57. The summed E-state index contributed by atoms with van der Waals surface area (Å²) in [4.78, 5) is 22.7. The second-order valence-electron chi connectivity index (χ2n) is 6.45. The lowest BCUT2D eigenvalue weighted by Crippen LogP contribution is -2.28. The lowest BCUT2D eigenvalue weighted by molar-refractivity contribution is 0.0828. The lowest BCUT2D eigenvalue weighted by atomic mass is 10.1. The van der Waals surface area contributed by atoms with E-state index in [1.54, 1.807) is 23.5 Å². The number of hydrogen-bond acceptors (Lipinski definition) is 5. The molecule has 0 aliphatic carbocycles. The first-order chi connectivity index (χ1) is 14.6. The fraction of sp³-hybridized carbons (Fsp3) is 0.0870. The molecular formula is C23H18FN3O3. The molecule has 30 heavy (non-hydrogen) atoms. The first-order valence-corrected chi connectivity index (χ1v) is 9.21. The zero-order valence-corrected chi connectivity index (χ0v) is 16.2. The van der Waals surface area contributed by atoms with Gasteiger partial charge in [0.15, 0.2) is 11.5 Å². The van der Waals surface area contributed by atoms with Gasteiger partial charge in [0.25, 0.3) is 5.91 Å². The number of methoxy groups -OCH3 is 1. The van der Waals surface area contributed by atoms with Crippen LogP contribution in [0.3, 0.4) is 0 Å². The molecule has 0 atom stereocenters. The number of hydrogen-bond donors (Lipinski definition) is 0. The number of aromatic nitrogens is 2. The number of carbonyl (C=O) groups is 1. The van der Waals surface area contributed by atoms with Crippen LogP contribution in [0, 0.1) is 5.82 Å². The summed E-state index contributed by atoms with van der Waals surface area (Å²) in [5.41, 5.74) is 2.21. The van der Waals surface area contributed by atoms with Crippen molar-refractivity contribution in [3.8, 4) is 17.2 Å². The molecule has 0 unspecified atom stereocenters. The second-order valence-corrected chi connectivity index (χ2v) is 6.45. The van der Waals surface area contributed by atoms with Crippen LogP contribution in [0.15, 0.2) is 79.4 Å². The maximum absolute atomic E-state index is 13.1. The molecule has 2 aromatic heterocycles. The summed E-state index contributed by atoms with van der Waals surface area (Å²) in [5.74, 6) is 0.490. The van der Waals surface area contributed by atoms with E-state index in [1.165, 1.54) is 43.6 Å². The minimum absolute atomic E-state index is 0.223. The SMILES string of the molecule is COc1cc(C(=O)N2C=CC(c3cccnc3)=CC2)ncc1Oc1ccc(F)cc1. The molecule has 1 aliphatic rings. The summed E-state index contributed by atoms with van der Waals surface area (Å²) in [7, 11) is 1.48. The highest BCUT2D eigenvalue weighted by Crippen LogP contribution is 2.31. The maximum atomic E-state index is 13.1. The van der Waals surface area contributed by atoms with Crippen molar-refractivity contribution >= 4 is 11.5 Å². The number of nitrogens with zero attached hydrogens (tertiary/aromatic N) is 3. The molecule has 1 aromatic carbocycles. The molecule has 0 saturated carbocycles. The number of benzene rings is 1. The molecule has 1 aliphatic heterocycles. The van der Waals surface area contributed by atoms with E-state index in [0.717, 1.165) is 11.1 Å². The number of ether oxygens (including phenoxy) is 2. The topological polar surface area (TPSA) is 64.5 Å². The van der Waals surface area contributed by atoms with Crippen molar-refractivity contribution in [2.75, 3.05) is 13.7 Å². The van der Waals surface area contributed by atoms with Gasteiger partial charge in [-0.2, -0.15) is 0 Å². The first-order valence-electron chi connectivity index (χ1n) is 9.21. The van der Waals surface area contributed by atoms with E-state index in [4.69, 9.17) is 9.47 Å². The molecule has 150 valence electrons. The van der Waals surface area contributed by atoms with Gasteiger partial charge < -0.3 is 14.4 Å². The Balaban J connectivity index is 1.49. The van der Waals surface area contributed by atoms with Crippen LogP contribution in [0.25, 0.3) is 5.57 Å². The first kappa shape index (κ1) is 19.3. The van der Waals surface area contributed by atoms with Gasteiger partial charge in [0, 0.05) is 31.2 Å². The molecule has 0 N–H and O–H groups in total. The summed E-state index contributed by atoms with van der Waals surface area (Å²) in [6, 6.07) is 10.9. The average molecular weight is 403 g/mol. The monoisotopic (exact) mass is 403 g/mol. The Morgan fingerprint density at radius 1 is 1.13 bits per heavy atom. The van der Waals surface area contributed by atoms with Gasteiger partial charge in [-0.1, -0.05) is 12.1 Å². The minimum Gasteiger partial charge on any atom is -0.493 e. The molecule has 4 rings (SSSR count). The minimum atomic E-state index is -0.358. The predicted molar refractivity (Wildman–Crippen MR) is 110 cm³/mol. The molecule has 7 heteroatoms. The van der Waals surface area contributed by atoms with Gasteiger partial charge in [-0.05, 0) is 47.5 Å². The Labute approximate surface area is 172 Å².